The third-order valence-corrected chi connectivity index (χ3v) is 14.5. The summed E-state index contributed by atoms with van der Waals surface area (Å²) in [4.78, 5) is 166. The number of aliphatic imine (C=N–C) groups is 1. The Labute approximate surface area is 553 Å². The Hall–Kier alpha value is -9.82. The van der Waals surface area contributed by atoms with Gasteiger partial charge in [-0.15, -0.1) is 0 Å². The number of fused-ring (bicyclic) bond motifs is 1. The zero-order valence-corrected chi connectivity index (χ0v) is 51.4. The number of nitrogens with zero attached hydrogens (tertiary/aromatic N) is 3. The zero-order valence-electron chi connectivity index (χ0n) is 61.4. The van der Waals surface area contributed by atoms with Gasteiger partial charge in [0.1, 0.15) is 60.1 Å². The highest BCUT2D eigenvalue weighted by atomic mass is 19.4. The van der Waals surface area contributed by atoms with Gasteiger partial charge in [0.25, 0.3) is 0 Å². The van der Waals surface area contributed by atoms with Crippen molar-refractivity contribution in [1.29, 1.82) is 0 Å². The molecule has 18 N–H and O–H groups in total. The number of hydrogen-bond donors (Lipinski definition) is 16. The predicted molar refractivity (Wildman–Crippen MR) is 334 cm³/mol. The number of aromatic amines is 2. The molecular weight excluding hydrogens is 1240 g/mol. The fourth-order valence-electron chi connectivity index (χ4n) is 9.97. The molecule has 6 rings (SSSR count). The van der Waals surface area contributed by atoms with E-state index in [1.165, 1.54) is 50.6 Å². The SMILES string of the molecule is O=C(O)C(F)(F)F.[2H]C([2H])([2H])C([2H])(C([2H])([2H])[2H])C([2H])([2H])C([2H])(NC(=O)[C@@H](CC(C)C)NC(=O)[C@H](Cc1ccc(O)cc1)NC(=O)[C@H](CO)NC(=O)[C@H](Cc1c[nH]c2ccccc12)NC(=O)[C@H](Cc1cnc[nH]1)NC(=O)[C@@H]1CCC(=O)N1)C(=O)N[C@@H](CCCN=C(N)N)C(=O)N1CCC[C@H]1C(=O)NCC. The van der Waals surface area contributed by atoms with Gasteiger partial charge in [-0.1, -0.05) is 57.9 Å². The summed E-state index contributed by atoms with van der Waals surface area (Å²) >= 11 is 0. The molecule has 4 heterocycles. The minimum absolute atomic E-state index is 0.0475. The smallest absolute Gasteiger partial charge is 0.490 e. The summed E-state index contributed by atoms with van der Waals surface area (Å²) in [5, 5.41) is 50.4. The van der Waals surface area contributed by atoms with Gasteiger partial charge in [-0.05, 0) is 93.0 Å². The molecule has 0 aliphatic carbocycles. The van der Waals surface area contributed by atoms with Crippen molar-refractivity contribution < 1.29 is 94.9 Å². The van der Waals surface area contributed by atoms with Gasteiger partial charge in [0.05, 0.1) is 14.3 Å². The maximum absolute atomic E-state index is 15.1. The minimum Gasteiger partial charge on any atom is -0.508 e. The number of rotatable bonds is 32. The lowest BCUT2D eigenvalue weighted by atomic mass is 9.98. The average Bonchev–Trinajstić information content (AvgIpc) is 1.06. The number of carbonyl (C=O) groups is 11. The molecule has 2 aliphatic rings. The minimum atomic E-state index is -5.08. The van der Waals surface area contributed by atoms with E-state index in [-0.39, 0.29) is 81.3 Å². The first-order chi connectivity index (χ1) is 48.4. The van der Waals surface area contributed by atoms with Gasteiger partial charge in [-0.2, -0.15) is 13.2 Å². The number of guanidine groups is 1. The molecule has 4 aromatic rings. The number of aliphatic hydroxyl groups excluding tert-OH is 1. The van der Waals surface area contributed by atoms with Crippen LogP contribution < -0.4 is 59.3 Å². The second kappa shape index (κ2) is 35.8. The normalized spacial score (nSPS) is 19.1. The van der Waals surface area contributed by atoms with Crippen molar-refractivity contribution in [2.24, 2.45) is 28.3 Å². The van der Waals surface area contributed by atoms with Crippen LogP contribution in [-0.2, 0) is 72.0 Å². The summed E-state index contributed by atoms with van der Waals surface area (Å²) in [5.41, 5.74) is 12.7. The molecule has 94 heavy (non-hydrogen) atoms. The van der Waals surface area contributed by atoms with Crippen molar-refractivity contribution in [3.63, 3.8) is 0 Å². The third-order valence-electron chi connectivity index (χ3n) is 14.5. The molecule has 514 valence electrons. The Kier molecular flexibility index (Phi) is 23.0. The van der Waals surface area contributed by atoms with Crippen molar-refractivity contribution in [3.8, 4) is 5.75 Å². The molecule has 1 unspecified atom stereocenters. The number of carboxylic acid groups (broad SMARTS) is 1. The molecule has 2 fully saturated rings. The average molecular weight is 1330 g/mol. The lowest BCUT2D eigenvalue weighted by Gasteiger charge is -2.31. The van der Waals surface area contributed by atoms with Crippen LogP contribution in [-0.4, -0.2) is 193 Å². The molecule has 30 nitrogen and oxygen atoms in total. The number of phenolic OH excluding ortho intramolecular Hbond substituents is 1. The second-order valence-electron chi connectivity index (χ2n) is 22.2. The van der Waals surface area contributed by atoms with E-state index in [4.69, 9.17) is 31.0 Å². The molecule has 0 radical (unpaired) electrons. The predicted octanol–water partition coefficient (Wildman–Crippen LogP) is -0.805. The number of likely N-dealkylation sites (tertiary alicyclic amines) is 1. The summed E-state index contributed by atoms with van der Waals surface area (Å²) in [6, 6.07) is -4.93. The number of nitrogens with two attached hydrogens (primary N) is 2. The molecule has 2 aromatic heterocycles. The maximum Gasteiger partial charge on any atom is 0.490 e. The molecule has 0 saturated carbocycles. The second-order valence-corrected chi connectivity index (χ2v) is 22.2. The molecular formula is C61H85F3N16O14. The number of aliphatic carboxylic acids is 1. The van der Waals surface area contributed by atoms with Crippen LogP contribution >= 0.6 is 0 Å². The van der Waals surface area contributed by atoms with Crippen LogP contribution in [0.2, 0.25) is 0 Å². The van der Waals surface area contributed by atoms with Crippen LogP contribution in [0.25, 0.3) is 10.9 Å². The highest BCUT2D eigenvalue weighted by Gasteiger charge is 2.41. The standard InChI is InChI=1S/C59H84N16O12.C2HF3O2/c1-6-63-57(86)48-14-10-22-75(48)58(87)41(13-9-21-64-59(60)61)68-51(80)42(23-32(2)3)69-52(81)43(24-33(4)5)70-53(82)44(25-34-15-17-37(77)18-16-34)71-56(85)47(30-76)74-54(83)45(26-35-28-65-39-12-8-7-11-38(35)39)72-55(84)46(27-36-29-62-31-66-36)73-50(79)40-19-20-49(78)67-40;3-2(4,5)1(6)7/h7-8,11-12,15-18,28-29,31-33,40-48,65,76-77H,6,9-10,13-14,19-27,30H2,1-5H3,(H,62,66)(H,63,86)(H,67,78)(H,68,80)(H,69,81)(H,70,82)(H,71,85)(H,72,84)(H,73,79)(H,74,83)(H4,60,61,64);(H,6,7)/t40-,41-,42?,43+,44-,45-,46-,47-,48-;/m0./s1/i2D3,3D3,23D2,32D,42D;. The number of carboxylic acids is 1. The summed E-state index contributed by atoms with van der Waals surface area (Å²) in [6.45, 7) is -5.02. The number of aromatic hydroxyl groups is 1. The van der Waals surface area contributed by atoms with E-state index in [1.807, 2.05) is 0 Å². The molecule has 0 bridgehead atoms. The molecule has 10 amide bonds. The van der Waals surface area contributed by atoms with Gasteiger partial charge in [0.15, 0.2) is 5.96 Å². The molecule has 2 aliphatic heterocycles. The fraction of sp³-hybridized carbons (Fsp3) is 0.525. The number of nitrogens with one attached hydrogen (secondary N) is 11. The number of alkyl halides is 3. The Morgan fingerprint density at radius 1 is 0.798 bits per heavy atom. The van der Waals surface area contributed by atoms with Crippen LogP contribution in [0.15, 0.2) is 72.2 Å². The largest absolute Gasteiger partial charge is 0.508 e. The fourth-order valence-corrected chi connectivity index (χ4v) is 9.97. The lowest BCUT2D eigenvalue weighted by Crippen LogP contribution is -2.61. The van der Waals surface area contributed by atoms with Crippen molar-refractivity contribution in [1.82, 2.24) is 67.7 Å². The Bertz CT molecular complexity index is 3720. The van der Waals surface area contributed by atoms with Crippen LogP contribution in [0.5, 0.6) is 5.75 Å². The van der Waals surface area contributed by atoms with E-state index >= 15 is 9.59 Å². The topological polar surface area (TPSA) is 469 Å². The Morgan fingerprint density at radius 3 is 1.99 bits per heavy atom. The number of amides is 10. The quantitative estimate of drug-likeness (QED) is 0.0162. The van der Waals surface area contributed by atoms with Crippen LogP contribution in [0.3, 0.4) is 0 Å². The van der Waals surface area contributed by atoms with E-state index in [0.29, 0.717) is 28.6 Å². The maximum atomic E-state index is 15.1. The number of H-pyrrole nitrogens is 2. The number of aliphatic hydroxyl groups is 1. The van der Waals surface area contributed by atoms with Gasteiger partial charge >= 0.3 is 12.1 Å². The number of carbonyl (C=O) groups excluding carboxylic acids is 10. The van der Waals surface area contributed by atoms with Gasteiger partial charge in [0.2, 0.25) is 59.1 Å². The Balaban J connectivity index is 0.00000263. The number of para-hydroxylation sites is 1. The van der Waals surface area contributed by atoms with Gasteiger partial charge in [-0.25, -0.2) is 9.78 Å². The number of benzene rings is 2. The van der Waals surface area contributed by atoms with Crippen molar-refractivity contribution in [2.75, 3.05) is 26.2 Å². The van der Waals surface area contributed by atoms with Crippen LogP contribution in [0.4, 0.5) is 13.2 Å². The van der Waals surface area contributed by atoms with E-state index in [0.717, 1.165) is 4.90 Å². The summed E-state index contributed by atoms with van der Waals surface area (Å²) < 4.78 is 118. The molecule has 2 aromatic carbocycles. The van der Waals surface area contributed by atoms with Crippen molar-refractivity contribution in [2.45, 2.75) is 166 Å². The zero-order chi connectivity index (χ0) is 78.0. The van der Waals surface area contributed by atoms with Gasteiger partial charge in [0, 0.05) is 86.6 Å². The molecule has 9 atom stereocenters. The van der Waals surface area contributed by atoms with E-state index in [1.54, 1.807) is 42.7 Å². The summed E-state index contributed by atoms with van der Waals surface area (Å²) in [5.74, 6) is -19.3. The Morgan fingerprint density at radius 2 is 1.40 bits per heavy atom. The van der Waals surface area contributed by atoms with Crippen molar-refractivity contribution >= 4 is 81.9 Å². The highest BCUT2D eigenvalue weighted by Crippen LogP contribution is 2.23. The van der Waals surface area contributed by atoms with Gasteiger partial charge in [-0.3, -0.25) is 52.9 Å². The molecule has 0 spiro atoms. The van der Waals surface area contributed by atoms with E-state index < -0.39 is 177 Å². The number of likely N-dealkylation sites (N-methyl/N-ethyl adjacent to an activating group) is 1. The summed E-state index contributed by atoms with van der Waals surface area (Å²) in [6.07, 6.45) is -6.67. The number of imidazole rings is 1. The molecule has 33 heteroatoms. The van der Waals surface area contributed by atoms with Gasteiger partial charge < -0.3 is 89.5 Å². The first-order valence-corrected chi connectivity index (χ1v) is 29.7. The number of hydrogen-bond acceptors (Lipinski definition) is 15. The monoisotopic (exact) mass is 1330 g/mol. The third kappa shape index (κ3) is 23.4. The van der Waals surface area contributed by atoms with Crippen LogP contribution in [0.1, 0.15) is 116 Å². The number of halogens is 3. The van der Waals surface area contributed by atoms with Crippen molar-refractivity contribution in [3.05, 3.63) is 84.1 Å². The first kappa shape index (κ1) is 60.4. The number of phenols is 1. The van der Waals surface area contributed by atoms with E-state index in [2.05, 4.69) is 62.5 Å². The summed E-state index contributed by atoms with van der Waals surface area (Å²) in [7, 11) is 0. The lowest BCUT2D eigenvalue weighted by molar-refractivity contribution is -0.192. The van der Waals surface area contributed by atoms with E-state index in [9.17, 15) is 65.9 Å². The highest BCUT2D eigenvalue weighted by molar-refractivity contribution is 5.99. The van der Waals surface area contributed by atoms with Crippen LogP contribution in [0, 0.1) is 11.8 Å². The first-order valence-electron chi connectivity index (χ1n) is 34.7. The number of aromatic nitrogens is 3. The molecule has 2 saturated heterocycles.